The molecule has 1 aliphatic heterocycles. The molecular formula is C15H19Cl2NO. The molecule has 0 saturated heterocycles. The molecule has 4 heteroatoms. The summed E-state index contributed by atoms with van der Waals surface area (Å²) in [7, 11) is 0. The lowest BCUT2D eigenvalue weighted by atomic mass is 9.95. The van der Waals surface area contributed by atoms with Crippen molar-refractivity contribution in [1.82, 2.24) is 5.32 Å². The van der Waals surface area contributed by atoms with Crippen molar-refractivity contribution in [2.75, 3.05) is 13.2 Å². The van der Waals surface area contributed by atoms with Crippen LogP contribution < -0.4 is 5.32 Å². The SMILES string of the molecule is CCCNC(C1=COCCC1)c1c(Cl)cccc1Cl. The summed E-state index contributed by atoms with van der Waals surface area (Å²) in [5, 5.41) is 4.92. The van der Waals surface area contributed by atoms with E-state index in [1.165, 1.54) is 5.57 Å². The lowest BCUT2D eigenvalue weighted by molar-refractivity contribution is 0.219. The van der Waals surface area contributed by atoms with Crippen molar-refractivity contribution >= 4 is 23.2 Å². The molecule has 0 spiro atoms. The van der Waals surface area contributed by atoms with E-state index >= 15 is 0 Å². The van der Waals surface area contributed by atoms with Crippen LogP contribution in [0.5, 0.6) is 0 Å². The minimum Gasteiger partial charge on any atom is -0.501 e. The third-order valence-electron chi connectivity index (χ3n) is 3.22. The van der Waals surface area contributed by atoms with E-state index in [9.17, 15) is 0 Å². The fraction of sp³-hybridized carbons (Fsp3) is 0.467. The van der Waals surface area contributed by atoms with Gasteiger partial charge in [0, 0.05) is 15.6 Å². The van der Waals surface area contributed by atoms with Crippen LogP contribution in [0, 0.1) is 0 Å². The Morgan fingerprint density at radius 1 is 1.32 bits per heavy atom. The number of benzene rings is 1. The smallest absolute Gasteiger partial charge is 0.0876 e. The predicted octanol–water partition coefficient (Wildman–Crippen LogP) is 4.73. The van der Waals surface area contributed by atoms with Gasteiger partial charge in [0.15, 0.2) is 0 Å². The summed E-state index contributed by atoms with van der Waals surface area (Å²) in [4.78, 5) is 0. The van der Waals surface area contributed by atoms with Crippen molar-refractivity contribution in [3.63, 3.8) is 0 Å². The molecular weight excluding hydrogens is 281 g/mol. The zero-order chi connectivity index (χ0) is 13.7. The molecule has 2 rings (SSSR count). The first-order valence-electron chi connectivity index (χ1n) is 6.72. The summed E-state index contributed by atoms with van der Waals surface area (Å²) in [5.41, 5.74) is 2.17. The Bertz CT molecular complexity index is 439. The average molecular weight is 300 g/mol. The largest absolute Gasteiger partial charge is 0.501 e. The molecule has 1 aliphatic rings. The molecule has 1 aromatic rings. The van der Waals surface area contributed by atoms with Crippen molar-refractivity contribution in [2.24, 2.45) is 0 Å². The van der Waals surface area contributed by atoms with Gasteiger partial charge in [-0.05, 0) is 43.5 Å². The number of ether oxygens (including phenoxy) is 1. The number of hydrogen-bond donors (Lipinski definition) is 1. The van der Waals surface area contributed by atoms with E-state index in [2.05, 4.69) is 12.2 Å². The summed E-state index contributed by atoms with van der Waals surface area (Å²) < 4.78 is 5.46. The molecule has 0 saturated carbocycles. The number of halogens is 2. The topological polar surface area (TPSA) is 21.3 Å². The summed E-state index contributed by atoms with van der Waals surface area (Å²) >= 11 is 12.7. The van der Waals surface area contributed by atoms with E-state index in [4.69, 9.17) is 27.9 Å². The van der Waals surface area contributed by atoms with Crippen LogP contribution in [0.4, 0.5) is 0 Å². The van der Waals surface area contributed by atoms with Crippen LogP contribution in [0.1, 0.15) is 37.8 Å². The normalized spacial score (nSPS) is 16.7. The van der Waals surface area contributed by atoms with E-state index in [0.29, 0.717) is 10.0 Å². The van der Waals surface area contributed by atoms with Crippen molar-refractivity contribution in [2.45, 2.75) is 32.2 Å². The lowest BCUT2D eigenvalue weighted by Crippen LogP contribution is -2.26. The number of rotatable bonds is 5. The Hall–Kier alpha value is -0.700. The van der Waals surface area contributed by atoms with Gasteiger partial charge in [-0.15, -0.1) is 0 Å². The van der Waals surface area contributed by atoms with Gasteiger partial charge < -0.3 is 10.1 Å². The van der Waals surface area contributed by atoms with Gasteiger partial charge in [-0.2, -0.15) is 0 Å². The zero-order valence-corrected chi connectivity index (χ0v) is 12.6. The summed E-state index contributed by atoms with van der Waals surface area (Å²) in [6, 6.07) is 5.68. The molecule has 2 nitrogen and oxygen atoms in total. The zero-order valence-electron chi connectivity index (χ0n) is 11.1. The summed E-state index contributed by atoms with van der Waals surface area (Å²) in [5.74, 6) is 0. The number of hydrogen-bond acceptors (Lipinski definition) is 2. The van der Waals surface area contributed by atoms with E-state index < -0.39 is 0 Å². The van der Waals surface area contributed by atoms with E-state index in [1.807, 2.05) is 24.5 Å². The van der Waals surface area contributed by atoms with Crippen molar-refractivity contribution in [1.29, 1.82) is 0 Å². The van der Waals surface area contributed by atoms with Crippen LogP contribution in [-0.4, -0.2) is 13.2 Å². The summed E-state index contributed by atoms with van der Waals surface area (Å²) in [6.07, 6.45) is 4.98. The van der Waals surface area contributed by atoms with Gasteiger partial charge in [-0.3, -0.25) is 0 Å². The highest BCUT2D eigenvalue weighted by molar-refractivity contribution is 6.36. The van der Waals surface area contributed by atoms with Crippen LogP contribution in [0.25, 0.3) is 0 Å². The maximum Gasteiger partial charge on any atom is 0.0876 e. The van der Waals surface area contributed by atoms with Crippen LogP contribution in [0.15, 0.2) is 30.0 Å². The van der Waals surface area contributed by atoms with Crippen LogP contribution in [0.3, 0.4) is 0 Å². The van der Waals surface area contributed by atoms with Crippen LogP contribution in [0.2, 0.25) is 10.0 Å². The second-order valence-electron chi connectivity index (χ2n) is 4.69. The maximum absolute atomic E-state index is 6.33. The van der Waals surface area contributed by atoms with Crippen molar-refractivity contribution in [3.05, 3.63) is 45.6 Å². The van der Waals surface area contributed by atoms with Crippen LogP contribution in [-0.2, 0) is 4.74 Å². The molecule has 0 aliphatic carbocycles. The van der Waals surface area contributed by atoms with E-state index in [1.54, 1.807) is 0 Å². The molecule has 0 bridgehead atoms. The minimum absolute atomic E-state index is 0.0430. The second kappa shape index (κ2) is 7.18. The van der Waals surface area contributed by atoms with Gasteiger partial charge in [0.25, 0.3) is 0 Å². The van der Waals surface area contributed by atoms with Gasteiger partial charge in [0.2, 0.25) is 0 Å². The van der Waals surface area contributed by atoms with Gasteiger partial charge in [-0.25, -0.2) is 0 Å². The van der Waals surface area contributed by atoms with Crippen molar-refractivity contribution < 1.29 is 4.74 Å². The molecule has 1 N–H and O–H groups in total. The molecule has 0 amide bonds. The third-order valence-corrected chi connectivity index (χ3v) is 3.88. The fourth-order valence-corrected chi connectivity index (χ4v) is 2.91. The molecule has 1 atom stereocenters. The maximum atomic E-state index is 6.33. The first kappa shape index (κ1) is 14.7. The standard InChI is InChI=1S/C15H19Cl2NO/c1-2-8-18-15(11-5-4-9-19-10-11)14-12(16)6-3-7-13(14)17/h3,6-7,10,15,18H,2,4-5,8-9H2,1H3. The van der Waals surface area contributed by atoms with Crippen LogP contribution >= 0.6 is 23.2 Å². The summed E-state index contributed by atoms with van der Waals surface area (Å²) in [6.45, 7) is 3.85. The first-order chi connectivity index (χ1) is 9.24. The molecule has 1 unspecified atom stereocenters. The minimum atomic E-state index is 0.0430. The van der Waals surface area contributed by atoms with Gasteiger partial charge >= 0.3 is 0 Å². The molecule has 1 heterocycles. The highest BCUT2D eigenvalue weighted by Crippen LogP contribution is 2.36. The molecule has 1 aromatic carbocycles. The Kier molecular flexibility index (Phi) is 5.56. The quantitative estimate of drug-likeness (QED) is 0.849. The van der Waals surface area contributed by atoms with Gasteiger partial charge in [0.05, 0.1) is 18.9 Å². The van der Waals surface area contributed by atoms with Gasteiger partial charge in [-0.1, -0.05) is 36.2 Å². The van der Waals surface area contributed by atoms with E-state index in [-0.39, 0.29) is 6.04 Å². The lowest BCUT2D eigenvalue weighted by Gasteiger charge is -2.26. The predicted molar refractivity (Wildman–Crippen MR) is 80.8 cm³/mol. The fourth-order valence-electron chi connectivity index (χ4n) is 2.29. The van der Waals surface area contributed by atoms with E-state index in [0.717, 1.165) is 38.0 Å². The number of nitrogens with one attached hydrogen (secondary N) is 1. The average Bonchev–Trinajstić information content (AvgIpc) is 2.43. The Balaban J connectivity index is 2.33. The monoisotopic (exact) mass is 299 g/mol. The molecule has 0 radical (unpaired) electrons. The molecule has 0 aromatic heterocycles. The van der Waals surface area contributed by atoms with Gasteiger partial charge in [0.1, 0.15) is 0 Å². The third kappa shape index (κ3) is 3.65. The second-order valence-corrected chi connectivity index (χ2v) is 5.50. The Morgan fingerprint density at radius 3 is 2.63 bits per heavy atom. The first-order valence-corrected chi connectivity index (χ1v) is 7.47. The highest BCUT2D eigenvalue weighted by atomic mass is 35.5. The Labute approximate surface area is 124 Å². The molecule has 104 valence electrons. The molecule has 19 heavy (non-hydrogen) atoms. The Morgan fingerprint density at radius 2 is 2.05 bits per heavy atom. The molecule has 0 fully saturated rings. The van der Waals surface area contributed by atoms with Crippen molar-refractivity contribution in [3.8, 4) is 0 Å². The highest BCUT2D eigenvalue weighted by Gasteiger charge is 2.23.